The predicted octanol–water partition coefficient (Wildman–Crippen LogP) is 1.73. The van der Waals surface area contributed by atoms with Gasteiger partial charge < -0.3 is 4.90 Å². The fourth-order valence-corrected chi connectivity index (χ4v) is 2.05. The second-order valence-corrected chi connectivity index (χ2v) is 4.41. The van der Waals surface area contributed by atoms with Gasteiger partial charge in [-0.15, -0.1) is 0 Å². The number of amides is 1. The zero-order chi connectivity index (χ0) is 11.1. The van der Waals surface area contributed by atoms with E-state index in [1.165, 1.54) is 32.2 Å². The van der Waals surface area contributed by atoms with Gasteiger partial charge in [-0.2, -0.15) is 0 Å². The highest BCUT2D eigenvalue weighted by molar-refractivity contribution is 5.73. The molecule has 1 amide bonds. The van der Waals surface area contributed by atoms with E-state index in [1.54, 1.807) is 6.92 Å². The van der Waals surface area contributed by atoms with Gasteiger partial charge in [0.25, 0.3) is 0 Å². The number of unbranched alkanes of at least 4 members (excludes halogenated alkanes) is 3. The van der Waals surface area contributed by atoms with Crippen molar-refractivity contribution in [1.82, 2.24) is 9.80 Å². The summed E-state index contributed by atoms with van der Waals surface area (Å²) in [6, 6.07) is 0. The fourth-order valence-electron chi connectivity index (χ4n) is 2.05. The van der Waals surface area contributed by atoms with Gasteiger partial charge in [-0.1, -0.05) is 26.2 Å². The lowest BCUT2D eigenvalue weighted by atomic mass is 10.2. The van der Waals surface area contributed by atoms with E-state index in [0.29, 0.717) is 0 Å². The molecule has 1 aliphatic rings. The monoisotopic (exact) mass is 212 g/mol. The highest BCUT2D eigenvalue weighted by atomic mass is 16.2. The molecule has 15 heavy (non-hydrogen) atoms. The zero-order valence-corrected chi connectivity index (χ0v) is 10.2. The Morgan fingerprint density at radius 2 is 1.73 bits per heavy atom. The van der Waals surface area contributed by atoms with Gasteiger partial charge in [0.2, 0.25) is 5.91 Å². The van der Waals surface area contributed by atoms with Gasteiger partial charge in [0.1, 0.15) is 0 Å². The largest absolute Gasteiger partial charge is 0.340 e. The van der Waals surface area contributed by atoms with Gasteiger partial charge >= 0.3 is 0 Å². The maximum Gasteiger partial charge on any atom is 0.219 e. The van der Waals surface area contributed by atoms with Crippen LogP contribution in [0.2, 0.25) is 0 Å². The van der Waals surface area contributed by atoms with Gasteiger partial charge in [-0.05, 0) is 13.0 Å². The molecule has 0 saturated carbocycles. The van der Waals surface area contributed by atoms with Crippen LogP contribution in [0.4, 0.5) is 0 Å². The summed E-state index contributed by atoms with van der Waals surface area (Å²) in [7, 11) is 0. The van der Waals surface area contributed by atoms with Crippen LogP contribution in [0, 0.1) is 0 Å². The van der Waals surface area contributed by atoms with Crippen molar-refractivity contribution < 1.29 is 4.79 Å². The number of rotatable bonds is 5. The van der Waals surface area contributed by atoms with Gasteiger partial charge in [0, 0.05) is 33.1 Å². The Morgan fingerprint density at radius 1 is 1.07 bits per heavy atom. The van der Waals surface area contributed by atoms with Crippen LogP contribution in [0.25, 0.3) is 0 Å². The number of piperazine rings is 1. The van der Waals surface area contributed by atoms with E-state index in [2.05, 4.69) is 11.8 Å². The van der Waals surface area contributed by atoms with Gasteiger partial charge in [0.15, 0.2) is 0 Å². The summed E-state index contributed by atoms with van der Waals surface area (Å²) < 4.78 is 0. The Bertz CT molecular complexity index is 186. The van der Waals surface area contributed by atoms with Crippen molar-refractivity contribution in [2.24, 2.45) is 0 Å². The number of hydrogen-bond donors (Lipinski definition) is 0. The Labute approximate surface area is 93.4 Å². The van der Waals surface area contributed by atoms with E-state index in [0.717, 1.165) is 26.2 Å². The Morgan fingerprint density at radius 3 is 2.27 bits per heavy atom. The minimum atomic E-state index is 0.223. The van der Waals surface area contributed by atoms with Crippen molar-refractivity contribution in [3.8, 4) is 0 Å². The summed E-state index contributed by atoms with van der Waals surface area (Å²) in [5, 5.41) is 0. The summed E-state index contributed by atoms with van der Waals surface area (Å²) >= 11 is 0. The first-order valence-electron chi connectivity index (χ1n) is 6.22. The molecule has 0 aromatic carbocycles. The van der Waals surface area contributed by atoms with Crippen molar-refractivity contribution in [1.29, 1.82) is 0 Å². The second kappa shape index (κ2) is 6.83. The maximum atomic E-state index is 11.1. The third-order valence-corrected chi connectivity index (χ3v) is 3.15. The maximum absolute atomic E-state index is 11.1. The van der Waals surface area contributed by atoms with E-state index >= 15 is 0 Å². The molecule has 0 aromatic heterocycles. The predicted molar refractivity (Wildman–Crippen MR) is 62.8 cm³/mol. The molecule has 0 spiro atoms. The molecule has 0 N–H and O–H groups in total. The smallest absolute Gasteiger partial charge is 0.219 e. The van der Waals surface area contributed by atoms with Crippen LogP contribution in [0.1, 0.15) is 39.5 Å². The van der Waals surface area contributed by atoms with Crippen molar-refractivity contribution in [3.05, 3.63) is 0 Å². The number of carbonyl (C=O) groups excluding carboxylic acids is 1. The summed E-state index contributed by atoms with van der Waals surface area (Å²) in [5.74, 6) is 0.223. The highest BCUT2D eigenvalue weighted by Crippen LogP contribution is 2.05. The normalized spacial score (nSPS) is 18.1. The lowest BCUT2D eigenvalue weighted by molar-refractivity contribution is -0.130. The van der Waals surface area contributed by atoms with Crippen molar-refractivity contribution in [3.63, 3.8) is 0 Å². The Hall–Kier alpha value is -0.570. The molecule has 0 aliphatic carbocycles. The molecule has 3 nitrogen and oxygen atoms in total. The van der Waals surface area contributed by atoms with E-state index in [1.807, 2.05) is 4.90 Å². The number of hydrogen-bond acceptors (Lipinski definition) is 2. The number of carbonyl (C=O) groups is 1. The van der Waals surface area contributed by atoms with Crippen LogP contribution in [-0.2, 0) is 4.79 Å². The van der Waals surface area contributed by atoms with Gasteiger partial charge in [0.05, 0.1) is 0 Å². The fraction of sp³-hybridized carbons (Fsp3) is 0.917. The van der Waals surface area contributed by atoms with E-state index in [4.69, 9.17) is 0 Å². The third kappa shape index (κ3) is 4.65. The van der Waals surface area contributed by atoms with Crippen molar-refractivity contribution in [2.75, 3.05) is 32.7 Å². The molecule has 1 aliphatic heterocycles. The van der Waals surface area contributed by atoms with Crippen LogP contribution in [0.5, 0.6) is 0 Å². The van der Waals surface area contributed by atoms with E-state index in [-0.39, 0.29) is 5.91 Å². The molecule has 1 heterocycles. The minimum Gasteiger partial charge on any atom is -0.340 e. The second-order valence-electron chi connectivity index (χ2n) is 4.41. The molecule has 1 fully saturated rings. The molecular weight excluding hydrogens is 188 g/mol. The molecule has 0 bridgehead atoms. The SMILES string of the molecule is CCCCCCN1CCN(C(C)=O)CC1. The summed E-state index contributed by atoms with van der Waals surface area (Å²) in [6.07, 6.45) is 5.32. The highest BCUT2D eigenvalue weighted by Gasteiger charge is 2.17. The van der Waals surface area contributed by atoms with Crippen molar-refractivity contribution >= 4 is 5.91 Å². The molecule has 0 unspecified atom stereocenters. The topological polar surface area (TPSA) is 23.6 Å². The first-order chi connectivity index (χ1) is 7.24. The van der Waals surface area contributed by atoms with Crippen LogP contribution < -0.4 is 0 Å². The first-order valence-corrected chi connectivity index (χ1v) is 6.22. The molecule has 3 heteroatoms. The molecule has 1 saturated heterocycles. The average Bonchev–Trinajstić information content (AvgIpc) is 2.25. The lowest BCUT2D eigenvalue weighted by Gasteiger charge is -2.34. The third-order valence-electron chi connectivity index (χ3n) is 3.15. The van der Waals surface area contributed by atoms with Crippen molar-refractivity contribution in [2.45, 2.75) is 39.5 Å². The molecule has 1 rings (SSSR count). The van der Waals surface area contributed by atoms with Gasteiger partial charge in [-0.3, -0.25) is 9.69 Å². The quantitative estimate of drug-likeness (QED) is 0.648. The summed E-state index contributed by atoms with van der Waals surface area (Å²) in [4.78, 5) is 15.5. The molecule has 88 valence electrons. The van der Waals surface area contributed by atoms with Gasteiger partial charge in [-0.25, -0.2) is 0 Å². The number of nitrogens with zero attached hydrogens (tertiary/aromatic N) is 2. The Kier molecular flexibility index (Phi) is 5.69. The van der Waals surface area contributed by atoms with Crippen LogP contribution in [0.15, 0.2) is 0 Å². The first kappa shape index (κ1) is 12.5. The Balaban J connectivity index is 2.07. The van der Waals surface area contributed by atoms with E-state index < -0.39 is 0 Å². The summed E-state index contributed by atoms with van der Waals surface area (Å²) in [5.41, 5.74) is 0. The molecule has 0 atom stereocenters. The molecule has 0 aromatic rings. The lowest BCUT2D eigenvalue weighted by Crippen LogP contribution is -2.48. The average molecular weight is 212 g/mol. The molecule has 0 radical (unpaired) electrons. The zero-order valence-electron chi connectivity index (χ0n) is 10.2. The van der Waals surface area contributed by atoms with Crippen LogP contribution in [-0.4, -0.2) is 48.4 Å². The van der Waals surface area contributed by atoms with E-state index in [9.17, 15) is 4.79 Å². The summed E-state index contributed by atoms with van der Waals surface area (Å²) in [6.45, 7) is 9.08. The molecular formula is C12H24N2O. The van der Waals surface area contributed by atoms with Crippen LogP contribution >= 0.6 is 0 Å². The van der Waals surface area contributed by atoms with Crippen LogP contribution in [0.3, 0.4) is 0 Å². The minimum absolute atomic E-state index is 0.223. The standard InChI is InChI=1S/C12H24N2O/c1-3-4-5-6-7-13-8-10-14(11-9-13)12(2)15/h3-11H2,1-2H3.